The summed E-state index contributed by atoms with van der Waals surface area (Å²) in [5.74, 6) is 1.48. The van der Waals surface area contributed by atoms with E-state index in [4.69, 9.17) is 21.1 Å². The van der Waals surface area contributed by atoms with Crippen LogP contribution in [0, 0.1) is 0 Å². The van der Waals surface area contributed by atoms with Gasteiger partial charge in [0.15, 0.2) is 5.78 Å². The Morgan fingerprint density at radius 1 is 1.24 bits per heavy atom. The summed E-state index contributed by atoms with van der Waals surface area (Å²) in [7, 11) is 3.14. The molecule has 1 fully saturated rings. The molecule has 1 aliphatic rings. The Morgan fingerprint density at radius 3 is 2.47 bits per heavy atom. The summed E-state index contributed by atoms with van der Waals surface area (Å²) in [5.41, 5.74) is 0.847. The molecule has 1 aromatic carbocycles. The van der Waals surface area contributed by atoms with E-state index in [1.54, 1.807) is 26.4 Å². The Hall–Kier alpha value is -1.42. The Balaban J connectivity index is 2.40. The van der Waals surface area contributed by atoms with Gasteiger partial charge in [0.1, 0.15) is 11.5 Å². The molecule has 0 amide bonds. The summed E-state index contributed by atoms with van der Waals surface area (Å²) >= 11 is 6.03. The van der Waals surface area contributed by atoms with Gasteiger partial charge in [0.25, 0.3) is 0 Å². The lowest BCUT2D eigenvalue weighted by atomic mass is 10.2. The molecule has 0 spiro atoms. The number of ether oxygens (including phenoxy) is 2. The molecule has 5 heteroatoms. The van der Waals surface area contributed by atoms with E-state index in [1.807, 2.05) is 4.90 Å². The van der Waals surface area contributed by atoms with Crippen molar-refractivity contribution < 1.29 is 14.3 Å². The van der Waals surface area contributed by atoms with Crippen molar-refractivity contribution >= 4 is 23.1 Å². The van der Waals surface area contributed by atoms with Crippen molar-refractivity contribution in [1.82, 2.24) is 0 Å². The molecule has 2 rings (SSSR count). The molecule has 1 saturated heterocycles. The SMILES string of the molecule is COc1cc(N2CCC(=O)C2)c(OC)cc1Cl. The minimum atomic E-state index is 0.237. The van der Waals surface area contributed by atoms with Crippen LogP contribution in [-0.4, -0.2) is 33.1 Å². The summed E-state index contributed by atoms with van der Waals surface area (Å²) < 4.78 is 10.5. The van der Waals surface area contributed by atoms with Gasteiger partial charge in [-0.05, 0) is 0 Å². The number of rotatable bonds is 3. The highest BCUT2D eigenvalue weighted by Crippen LogP contribution is 2.38. The van der Waals surface area contributed by atoms with E-state index in [-0.39, 0.29) is 5.78 Å². The molecule has 0 unspecified atom stereocenters. The quantitative estimate of drug-likeness (QED) is 0.830. The number of nitrogens with zero attached hydrogens (tertiary/aromatic N) is 1. The Morgan fingerprint density at radius 2 is 1.94 bits per heavy atom. The molecule has 17 heavy (non-hydrogen) atoms. The van der Waals surface area contributed by atoms with E-state index in [0.29, 0.717) is 36.0 Å². The predicted molar refractivity (Wildman–Crippen MR) is 66.4 cm³/mol. The Bertz CT molecular complexity index is 448. The van der Waals surface area contributed by atoms with E-state index >= 15 is 0 Å². The van der Waals surface area contributed by atoms with E-state index in [9.17, 15) is 4.79 Å². The van der Waals surface area contributed by atoms with Crippen molar-refractivity contribution in [2.45, 2.75) is 6.42 Å². The molecule has 0 bridgehead atoms. The maximum atomic E-state index is 11.3. The molecule has 1 aromatic rings. The molecule has 92 valence electrons. The second-order valence-electron chi connectivity index (χ2n) is 3.87. The number of hydrogen-bond acceptors (Lipinski definition) is 4. The molecule has 1 aliphatic heterocycles. The van der Waals surface area contributed by atoms with Crippen LogP contribution in [0.1, 0.15) is 6.42 Å². The average molecular weight is 256 g/mol. The van der Waals surface area contributed by atoms with Gasteiger partial charge in [-0.15, -0.1) is 0 Å². The molecule has 0 aromatic heterocycles. The van der Waals surface area contributed by atoms with Crippen LogP contribution in [0.5, 0.6) is 11.5 Å². The van der Waals surface area contributed by atoms with Crippen LogP contribution < -0.4 is 14.4 Å². The number of methoxy groups -OCH3 is 2. The van der Waals surface area contributed by atoms with E-state index in [2.05, 4.69) is 0 Å². The monoisotopic (exact) mass is 255 g/mol. The molecule has 0 aliphatic carbocycles. The van der Waals surface area contributed by atoms with Crippen LogP contribution in [-0.2, 0) is 4.79 Å². The van der Waals surface area contributed by atoms with Gasteiger partial charge >= 0.3 is 0 Å². The van der Waals surface area contributed by atoms with E-state index in [1.165, 1.54) is 0 Å². The summed E-state index contributed by atoms with van der Waals surface area (Å²) in [6, 6.07) is 3.51. The van der Waals surface area contributed by atoms with Crippen molar-refractivity contribution in [2.24, 2.45) is 0 Å². The lowest BCUT2D eigenvalue weighted by Crippen LogP contribution is -2.20. The second kappa shape index (κ2) is 4.84. The average Bonchev–Trinajstić information content (AvgIpc) is 2.75. The summed E-state index contributed by atoms with van der Waals surface area (Å²) in [5, 5.41) is 0.499. The first-order valence-electron chi connectivity index (χ1n) is 5.34. The first kappa shape index (κ1) is 12.0. The lowest BCUT2D eigenvalue weighted by Gasteiger charge is -2.21. The zero-order valence-electron chi connectivity index (χ0n) is 9.83. The standard InChI is InChI=1S/C12H14ClNO3/c1-16-11-6-10(12(17-2)5-9(11)13)14-4-3-8(15)7-14/h5-6H,3-4,7H2,1-2H3. The van der Waals surface area contributed by atoms with Gasteiger partial charge in [0.05, 0.1) is 31.5 Å². The summed E-state index contributed by atoms with van der Waals surface area (Å²) in [6.07, 6.45) is 0.577. The molecular formula is C12H14ClNO3. The summed E-state index contributed by atoms with van der Waals surface area (Å²) in [6.45, 7) is 1.13. The van der Waals surface area contributed by atoms with Crippen LogP contribution >= 0.6 is 11.6 Å². The number of Topliss-reactive ketones (excluding diaryl/α,β-unsaturated/α-hetero) is 1. The zero-order valence-corrected chi connectivity index (χ0v) is 10.6. The van der Waals surface area contributed by atoms with Crippen molar-refractivity contribution in [1.29, 1.82) is 0 Å². The maximum absolute atomic E-state index is 11.3. The van der Waals surface area contributed by atoms with Gasteiger partial charge in [-0.25, -0.2) is 0 Å². The maximum Gasteiger partial charge on any atom is 0.153 e. The Labute approximate surface area is 105 Å². The van der Waals surface area contributed by atoms with Gasteiger partial charge < -0.3 is 14.4 Å². The highest BCUT2D eigenvalue weighted by atomic mass is 35.5. The van der Waals surface area contributed by atoms with Crippen molar-refractivity contribution in [2.75, 3.05) is 32.2 Å². The minimum Gasteiger partial charge on any atom is -0.495 e. The number of carbonyl (C=O) groups is 1. The Kier molecular flexibility index (Phi) is 3.43. The highest BCUT2D eigenvalue weighted by molar-refractivity contribution is 6.32. The van der Waals surface area contributed by atoms with Gasteiger partial charge in [-0.2, -0.15) is 0 Å². The molecule has 0 radical (unpaired) electrons. The van der Waals surface area contributed by atoms with Crippen LogP contribution in [0.3, 0.4) is 0 Å². The highest BCUT2D eigenvalue weighted by Gasteiger charge is 2.23. The molecule has 1 heterocycles. The number of carbonyl (C=O) groups excluding carboxylic acids is 1. The van der Waals surface area contributed by atoms with Crippen LogP contribution in [0.25, 0.3) is 0 Å². The van der Waals surface area contributed by atoms with Gasteiger partial charge in [0, 0.05) is 25.1 Å². The van der Waals surface area contributed by atoms with Crippen molar-refractivity contribution in [3.8, 4) is 11.5 Å². The molecule has 0 atom stereocenters. The third-order valence-corrected chi connectivity index (χ3v) is 3.12. The first-order chi connectivity index (χ1) is 8.15. The topological polar surface area (TPSA) is 38.8 Å². The predicted octanol–water partition coefficient (Wildman–Crippen LogP) is 2.14. The number of halogens is 1. The zero-order chi connectivity index (χ0) is 12.4. The number of benzene rings is 1. The molecule has 0 saturated carbocycles. The number of ketones is 1. The largest absolute Gasteiger partial charge is 0.495 e. The molecule has 4 nitrogen and oxygen atoms in total. The lowest BCUT2D eigenvalue weighted by molar-refractivity contribution is -0.116. The molecule has 0 N–H and O–H groups in total. The normalized spacial score (nSPS) is 15.2. The number of hydrogen-bond donors (Lipinski definition) is 0. The van der Waals surface area contributed by atoms with Gasteiger partial charge in [-0.1, -0.05) is 11.6 Å². The first-order valence-corrected chi connectivity index (χ1v) is 5.71. The third kappa shape index (κ3) is 2.31. The summed E-state index contributed by atoms with van der Waals surface area (Å²) in [4.78, 5) is 13.3. The van der Waals surface area contributed by atoms with Crippen molar-refractivity contribution in [3.05, 3.63) is 17.2 Å². The fourth-order valence-corrected chi connectivity index (χ4v) is 2.16. The van der Waals surface area contributed by atoms with Gasteiger partial charge in [0.2, 0.25) is 0 Å². The van der Waals surface area contributed by atoms with Crippen LogP contribution in [0.2, 0.25) is 5.02 Å². The van der Waals surface area contributed by atoms with Crippen molar-refractivity contribution in [3.63, 3.8) is 0 Å². The molecular weight excluding hydrogens is 242 g/mol. The van der Waals surface area contributed by atoms with E-state index in [0.717, 1.165) is 5.69 Å². The van der Waals surface area contributed by atoms with Crippen LogP contribution in [0.4, 0.5) is 5.69 Å². The fraction of sp³-hybridized carbons (Fsp3) is 0.417. The second-order valence-corrected chi connectivity index (χ2v) is 4.28. The smallest absolute Gasteiger partial charge is 0.153 e. The van der Waals surface area contributed by atoms with E-state index < -0.39 is 0 Å². The minimum absolute atomic E-state index is 0.237. The van der Waals surface area contributed by atoms with Crippen LogP contribution in [0.15, 0.2) is 12.1 Å². The number of anilines is 1. The fourth-order valence-electron chi connectivity index (χ4n) is 1.93. The third-order valence-electron chi connectivity index (χ3n) is 2.82. The van der Waals surface area contributed by atoms with Gasteiger partial charge in [-0.3, -0.25) is 4.79 Å².